The molecule has 25 heavy (non-hydrogen) atoms. The van der Waals surface area contributed by atoms with Gasteiger partial charge in [0.15, 0.2) is 5.65 Å². The Kier molecular flexibility index (Phi) is 4.81. The van der Waals surface area contributed by atoms with Crippen molar-refractivity contribution in [2.75, 3.05) is 6.54 Å². The van der Waals surface area contributed by atoms with Crippen LogP contribution in [0.3, 0.4) is 0 Å². The maximum absolute atomic E-state index is 12.8. The summed E-state index contributed by atoms with van der Waals surface area (Å²) in [6.45, 7) is 4.36. The highest BCUT2D eigenvalue weighted by atomic mass is 16.1. The van der Waals surface area contributed by atoms with Crippen molar-refractivity contribution in [1.29, 1.82) is 0 Å². The maximum Gasteiger partial charge on any atom is 0.252 e. The lowest BCUT2D eigenvalue weighted by atomic mass is 10.0. The zero-order chi connectivity index (χ0) is 18.0. The van der Waals surface area contributed by atoms with Crippen molar-refractivity contribution in [1.82, 2.24) is 20.1 Å². The van der Waals surface area contributed by atoms with E-state index < -0.39 is 0 Å². The molecule has 0 saturated heterocycles. The molecule has 0 radical (unpaired) electrons. The Morgan fingerprint density at radius 2 is 2.04 bits per heavy atom. The normalized spacial score (nSPS) is 12.3. The first kappa shape index (κ1) is 17.1. The van der Waals surface area contributed by atoms with Crippen LogP contribution in [0.15, 0.2) is 36.4 Å². The predicted octanol–water partition coefficient (Wildman–Crippen LogP) is 2.41. The van der Waals surface area contributed by atoms with Crippen LogP contribution in [0, 0.1) is 6.92 Å². The summed E-state index contributed by atoms with van der Waals surface area (Å²) in [5, 5.41) is 8.18. The molecule has 2 aromatic heterocycles. The van der Waals surface area contributed by atoms with Gasteiger partial charge in [0.2, 0.25) is 0 Å². The molecule has 1 unspecified atom stereocenters. The Morgan fingerprint density at radius 3 is 2.72 bits per heavy atom. The summed E-state index contributed by atoms with van der Waals surface area (Å²) in [5.41, 5.74) is 9.58. The monoisotopic (exact) mass is 337 g/mol. The third-order valence-corrected chi connectivity index (χ3v) is 4.17. The molecular formula is C19H23N5O. The third kappa shape index (κ3) is 3.53. The molecule has 1 aromatic carbocycles. The highest BCUT2D eigenvalue weighted by Gasteiger charge is 2.19. The number of nitrogens with two attached hydrogens (primary N) is 1. The topological polar surface area (TPSA) is 85.8 Å². The minimum atomic E-state index is -0.124. The quantitative estimate of drug-likeness (QED) is 0.748. The molecule has 1 atom stereocenters. The largest absolute Gasteiger partial charge is 0.352 e. The number of carbonyl (C=O) groups excluding carboxylic acids is 1. The van der Waals surface area contributed by atoms with Crippen LogP contribution in [0.2, 0.25) is 0 Å². The van der Waals surface area contributed by atoms with Gasteiger partial charge in [-0.3, -0.25) is 9.48 Å². The van der Waals surface area contributed by atoms with Gasteiger partial charge in [-0.1, -0.05) is 30.3 Å². The Bertz CT molecular complexity index is 899. The van der Waals surface area contributed by atoms with Crippen LogP contribution in [0.5, 0.6) is 0 Å². The van der Waals surface area contributed by atoms with E-state index in [4.69, 9.17) is 10.7 Å². The summed E-state index contributed by atoms with van der Waals surface area (Å²) in [6, 6.07) is 11.7. The van der Waals surface area contributed by atoms with Crippen LogP contribution in [0.25, 0.3) is 22.3 Å². The summed E-state index contributed by atoms with van der Waals surface area (Å²) in [4.78, 5) is 17.5. The van der Waals surface area contributed by atoms with E-state index in [9.17, 15) is 4.79 Å². The fourth-order valence-electron chi connectivity index (χ4n) is 2.89. The second-order valence-corrected chi connectivity index (χ2v) is 6.35. The Labute approximate surface area is 147 Å². The molecule has 0 aliphatic heterocycles. The van der Waals surface area contributed by atoms with E-state index >= 15 is 0 Å². The highest BCUT2D eigenvalue weighted by molar-refractivity contribution is 6.07. The lowest BCUT2D eigenvalue weighted by Gasteiger charge is -2.10. The van der Waals surface area contributed by atoms with Gasteiger partial charge in [-0.15, -0.1) is 0 Å². The molecular weight excluding hydrogens is 314 g/mol. The van der Waals surface area contributed by atoms with Crippen molar-refractivity contribution >= 4 is 16.9 Å². The van der Waals surface area contributed by atoms with Gasteiger partial charge in [0.05, 0.1) is 22.3 Å². The molecule has 0 spiro atoms. The van der Waals surface area contributed by atoms with Crippen LogP contribution in [-0.4, -0.2) is 33.3 Å². The average Bonchev–Trinajstić information content (AvgIpc) is 2.89. The standard InChI is InChI=1S/C19H23N5O/c1-12(20)9-10-21-19(25)15-11-16(14-7-5-4-6-8-14)22-18-17(15)13(2)23-24(18)3/h4-8,11-12H,9-10,20H2,1-3H3,(H,21,25). The predicted molar refractivity (Wildman–Crippen MR) is 99.3 cm³/mol. The molecule has 130 valence electrons. The molecule has 3 rings (SSSR count). The average molecular weight is 337 g/mol. The number of hydrogen-bond donors (Lipinski definition) is 2. The van der Waals surface area contributed by atoms with Gasteiger partial charge in [-0.25, -0.2) is 4.98 Å². The fraction of sp³-hybridized carbons (Fsp3) is 0.316. The Balaban J connectivity index is 2.07. The highest BCUT2D eigenvalue weighted by Crippen LogP contribution is 2.26. The first-order valence-corrected chi connectivity index (χ1v) is 8.41. The number of benzene rings is 1. The van der Waals surface area contributed by atoms with Gasteiger partial charge < -0.3 is 11.1 Å². The molecule has 3 N–H and O–H groups in total. The number of nitrogens with zero attached hydrogens (tertiary/aromatic N) is 3. The molecule has 0 saturated carbocycles. The lowest BCUT2D eigenvalue weighted by molar-refractivity contribution is 0.0954. The smallest absolute Gasteiger partial charge is 0.252 e. The van der Waals surface area contributed by atoms with E-state index in [0.717, 1.165) is 28.8 Å². The molecule has 0 fully saturated rings. The number of aryl methyl sites for hydroxylation is 2. The minimum absolute atomic E-state index is 0.0535. The first-order valence-electron chi connectivity index (χ1n) is 8.41. The SMILES string of the molecule is Cc1nn(C)c2nc(-c3ccccc3)cc(C(=O)NCCC(C)N)c12. The van der Waals surface area contributed by atoms with E-state index in [2.05, 4.69) is 10.4 Å². The Hall–Kier alpha value is -2.73. The summed E-state index contributed by atoms with van der Waals surface area (Å²) in [7, 11) is 1.84. The molecule has 6 heteroatoms. The molecule has 0 aliphatic rings. The molecule has 2 heterocycles. The van der Waals surface area contributed by atoms with Gasteiger partial charge in [-0.05, 0) is 26.3 Å². The molecule has 3 aromatic rings. The lowest BCUT2D eigenvalue weighted by Crippen LogP contribution is -2.29. The summed E-state index contributed by atoms with van der Waals surface area (Å²) in [6.07, 6.45) is 0.734. The number of aromatic nitrogens is 3. The summed E-state index contributed by atoms with van der Waals surface area (Å²) in [5.74, 6) is -0.124. The second kappa shape index (κ2) is 7.03. The van der Waals surface area contributed by atoms with Crippen molar-refractivity contribution in [3.63, 3.8) is 0 Å². The number of pyridine rings is 1. The fourth-order valence-corrected chi connectivity index (χ4v) is 2.89. The molecule has 0 aliphatic carbocycles. The second-order valence-electron chi connectivity index (χ2n) is 6.35. The van der Waals surface area contributed by atoms with Crippen molar-refractivity contribution in [2.24, 2.45) is 12.8 Å². The van der Waals surface area contributed by atoms with E-state index in [1.54, 1.807) is 4.68 Å². The zero-order valence-corrected chi connectivity index (χ0v) is 14.8. The van der Waals surface area contributed by atoms with Gasteiger partial charge >= 0.3 is 0 Å². The molecule has 6 nitrogen and oxygen atoms in total. The number of nitrogens with one attached hydrogen (secondary N) is 1. The van der Waals surface area contributed by atoms with Crippen LogP contribution in [0.4, 0.5) is 0 Å². The van der Waals surface area contributed by atoms with Crippen LogP contribution in [0.1, 0.15) is 29.4 Å². The van der Waals surface area contributed by atoms with E-state index in [-0.39, 0.29) is 11.9 Å². The van der Waals surface area contributed by atoms with Gasteiger partial charge in [0, 0.05) is 25.2 Å². The van der Waals surface area contributed by atoms with Gasteiger partial charge in [0.25, 0.3) is 5.91 Å². The third-order valence-electron chi connectivity index (χ3n) is 4.17. The number of fused-ring (bicyclic) bond motifs is 1. The summed E-state index contributed by atoms with van der Waals surface area (Å²) < 4.78 is 1.72. The van der Waals surface area contributed by atoms with E-state index in [1.807, 2.05) is 57.3 Å². The van der Waals surface area contributed by atoms with Crippen molar-refractivity contribution < 1.29 is 4.79 Å². The van der Waals surface area contributed by atoms with Crippen LogP contribution < -0.4 is 11.1 Å². The van der Waals surface area contributed by atoms with E-state index in [1.165, 1.54) is 0 Å². The zero-order valence-electron chi connectivity index (χ0n) is 14.8. The van der Waals surface area contributed by atoms with Crippen molar-refractivity contribution in [3.05, 3.63) is 47.7 Å². The van der Waals surface area contributed by atoms with Gasteiger partial charge in [0.1, 0.15) is 0 Å². The minimum Gasteiger partial charge on any atom is -0.352 e. The summed E-state index contributed by atoms with van der Waals surface area (Å²) >= 11 is 0. The number of hydrogen-bond acceptors (Lipinski definition) is 4. The van der Waals surface area contributed by atoms with Crippen LogP contribution >= 0.6 is 0 Å². The molecule has 1 amide bonds. The first-order chi connectivity index (χ1) is 12.0. The van der Waals surface area contributed by atoms with E-state index in [0.29, 0.717) is 17.8 Å². The van der Waals surface area contributed by atoms with Crippen LogP contribution in [-0.2, 0) is 7.05 Å². The van der Waals surface area contributed by atoms with Gasteiger partial charge in [-0.2, -0.15) is 5.10 Å². The van der Waals surface area contributed by atoms with Crippen molar-refractivity contribution in [3.8, 4) is 11.3 Å². The Morgan fingerprint density at radius 1 is 1.32 bits per heavy atom. The maximum atomic E-state index is 12.8. The van der Waals surface area contributed by atoms with Crippen molar-refractivity contribution in [2.45, 2.75) is 26.3 Å². The number of rotatable bonds is 5. The number of amides is 1. The number of carbonyl (C=O) groups is 1. The molecule has 0 bridgehead atoms.